The van der Waals surface area contributed by atoms with Gasteiger partial charge in [-0.25, -0.2) is 9.59 Å². The second-order valence-electron chi connectivity index (χ2n) is 4.53. The van der Waals surface area contributed by atoms with Crippen molar-refractivity contribution in [3.63, 3.8) is 0 Å². The topological polar surface area (TPSA) is 80.6 Å². The van der Waals surface area contributed by atoms with E-state index < -0.39 is 17.9 Å². The number of benzene rings is 1. The van der Waals surface area contributed by atoms with E-state index in [1.54, 1.807) is 11.9 Å². The summed E-state index contributed by atoms with van der Waals surface area (Å²) < 4.78 is 4.96. The number of nitrogens with zero attached hydrogens (tertiary/aromatic N) is 3. The maximum atomic E-state index is 12.0. The zero-order valence-electron chi connectivity index (χ0n) is 11.4. The van der Waals surface area contributed by atoms with Gasteiger partial charge in [-0.3, -0.25) is 5.01 Å². The Kier molecular flexibility index (Phi) is 3.39. The van der Waals surface area contributed by atoms with E-state index in [0.717, 1.165) is 5.69 Å². The molecule has 1 atom stereocenters. The highest BCUT2D eigenvalue weighted by molar-refractivity contribution is 6.68. The number of fused-ring (bicyclic) bond motifs is 1. The summed E-state index contributed by atoms with van der Waals surface area (Å²) in [4.78, 5) is 28.4. The number of hydrazone groups is 1. The van der Waals surface area contributed by atoms with Gasteiger partial charge in [0.05, 0.1) is 18.8 Å². The highest BCUT2D eigenvalue weighted by Gasteiger charge is 2.43. The predicted octanol–water partition coefficient (Wildman–Crippen LogP) is 0.955. The Labute approximate surface area is 120 Å². The number of ether oxygens (including phenoxy) is 1. The molecule has 1 unspecified atom stereocenters. The third-order valence-electron chi connectivity index (χ3n) is 3.19. The lowest BCUT2D eigenvalue weighted by Crippen LogP contribution is -2.44. The van der Waals surface area contributed by atoms with Crippen molar-refractivity contribution in [2.24, 2.45) is 16.2 Å². The summed E-state index contributed by atoms with van der Waals surface area (Å²) in [5.41, 5.74) is 1.03. The van der Waals surface area contributed by atoms with Crippen molar-refractivity contribution in [3.8, 4) is 0 Å². The minimum Gasteiger partial charge on any atom is -0.461 e. The van der Waals surface area contributed by atoms with Crippen LogP contribution in [-0.2, 0) is 19.2 Å². The van der Waals surface area contributed by atoms with Crippen molar-refractivity contribution < 1.29 is 19.2 Å². The SMILES string of the molecule is CCOC(=O)C1=NN(c2ccccc2)CC2C(=O)ON=C12. The molecule has 2 heterocycles. The van der Waals surface area contributed by atoms with Gasteiger partial charge in [-0.1, -0.05) is 23.4 Å². The molecule has 3 rings (SSSR count). The van der Waals surface area contributed by atoms with Crippen LogP contribution in [-0.4, -0.2) is 36.5 Å². The first-order valence-corrected chi connectivity index (χ1v) is 6.58. The molecule has 108 valence electrons. The van der Waals surface area contributed by atoms with Crippen LogP contribution in [0.5, 0.6) is 0 Å². The Morgan fingerprint density at radius 3 is 2.90 bits per heavy atom. The summed E-state index contributed by atoms with van der Waals surface area (Å²) in [6.45, 7) is 2.20. The quantitative estimate of drug-likeness (QED) is 0.611. The maximum absolute atomic E-state index is 12.0. The third kappa shape index (κ3) is 2.37. The summed E-state index contributed by atoms with van der Waals surface area (Å²) >= 11 is 0. The highest BCUT2D eigenvalue weighted by Crippen LogP contribution is 2.25. The molecule has 1 aromatic carbocycles. The first-order chi connectivity index (χ1) is 10.2. The van der Waals surface area contributed by atoms with E-state index in [-0.39, 0.29) is 24.6 Å². The molecule has 0 saturated carbocycles. The van der Waals surface area contributed by atoms with Gasteiger partial charge in [0.15, 0.2) is 5.71 Å². The Bertz CT molecular complexity index is 639. The summed E-state index contributed by atoms with van der Waals surface area (Å²) in [5.74, 6) is -1.72. The fourth-order valence-electron chi connectivity index (χ4n) is 2.20. The van der Waals surface area contributed by atoms with Crippen molar-refractivity contribution in [1.29, 1.82) is 0 Å². The van der Waals surface area contributed by atoms with Crippen LogP contribution in [0.2, 0.25) is 0 Å². The fraction of sp³-hybridized carbons (Fsp3) is 0.286. The van der Waals surface area contributed by atoms with Crippen molar-refractivity contribution >= 4 is 29.0 Å². The van der Waals surface area contributed by atoms with Gasteiger partial charge in [0.25, 0.3) is 0 Å². The first kappa shape index (κ1) is 13.3. The molecule has 2 aliphatic heterocycles. The van der Waals surface area contributed by atoms with E-state index in [2.05, 4.69) is 15.1 Å². The van der Waals surface area contributed by atoms with Gasteiger partial charge in [-0.2, -0.15) is 5.10 Å². The number of hydrogen-bond donors (Lipinski definition) is 0. The van der Waals surface area contributed by atoms with Gasteiger partial charge in [-0.05, 0) is 19.1 Å². The largest absolute Gasteiger partial charge is 0.461 e. The molecule has 1 aromatic rings. The van der Waals surface area contributed by atoms with Gasteiger partial charge < -0.3 is 9.57 Å². The lowest BCUT2D eigenvalue weighted by molar-refractivity contribution is -0.143. The van der Waals surface area contributed by atoms with Crippen LogP contribution >= 0.6 is 0 Å². The Morgan fingerprint density at radius 2 is 2.19 bits per heavy atom. The van der Waals surface area contributed by atoms with Crippen LogP contribution in [0.1, 0.15) is 6.92 Å². The summed E-state index contributed by atoms with van der Waals surface area (Å²) in [7, 11) is 0. The molecule has 0 saturated heterocycles. The van der Waals surface area contributed by atoms with Gasteiger partial charge in [0.2, 0.25) is 0 Å². The van der Waals surface area contributed by atoms with E-state index in [9.17, 15) is 9.59 Å². The smallest absolute Gasteiger partial charge is 0.360 e. The second kappa shape index (κ2) is 5.35. The van der Waals surface area contributed by atoms with Gasteiger partial charge in [-0.15, -0.1) is 0 Å². The van der Waals surface area contributed by atoms with Crippen molar-refractivity contribution in [1.82, 2.24) is 0 Å². The lowest BCUT2D eigenvalue weighted by atomic mass is 9.98. The Balaban J connectivity index is 1.99. The third-order valence-corrected chi connectivity index (χ3v) is 3.19. The maximum Gasteiger partial charge on any atom is 0.360 e. The summed E-state index contributed by atoms with van der Waals surface area (Å²) in [6, 6.07) is 9.26. The molecule has 0 N–H and O–H groups in total. The number of rotatable bonds is 3. The fourth-order valence-corrected chi connectivity index (χ4v) is 2.20. The number of anilines is 1. The number of esters is 1. The van der Waals surface area contributed by atoms with E-state index in [1.807, 2.05) is 30.3 Å². The molecule has 21 heavy (non-hydrogen) atoms. The molecule has 0 aromatic heterocycles. The normalized spacial score (nSPS) is 20.3. The van der Waals surface area contributed by atoms with Gasteiger partial charge in [0.1, 0.15) is 11.6 Å². The van der Waals surface area contributed by atoms with Crippen LogP contribution in [0, 0.1) is 5.92 Å². The van der Waals surface area contributed by atoms with E-state index >= 15 is 0 Å². The number of para-hydroxylation sites is 1. The molecule has 2 aliphatic rings. The minimum atomic E-state index is -0.623. The lowest BCUT2D eigenvalue weighted by Gasteiger charge is -2.26. The molecular weight excluding hydrogens is 274 g/mol. The van der Waals surface area contributed by atoms with Gasteiger partial charge >= 0.3 is 11.9 Å². The van der Waals surface area contributed by atoms with Crippen LogP contribution in [0.15, 0.2) is 40.6 Å². The minimum absolute atomic E-state index is 0.0165. The van der Waals surface area contributed by atoms with Gasteiger partial charge in [0, 0.05) is 0 Å². The zero-order valence-corrected chi connectivity index (χ0v) is 11.4. The number of carbonyl (C=O) groups excluding carboxylic acids is 2. The summed E-state index contributed by atoms with van der Waals surface area (Å²) in [5, 5.41) is 9.51. The molecule has 0 fully saturated rings. The number of carbonyl (C=O) groups is 2. The monoisotopic (exact) mass is 287 g/mol. The zero-order chi connectivity index (χ0) is 14.8. The molecule has 0 amide bonds. The van der Waals surface area contributed by atoms with E-state index in [0.29, 0.717) is 0 Å². The molecule has 0 bridgehead atoms. The first-order valence-electron chi connectivity index (χ1n) is 6.58. The summed E-state index contributed by atoms with van der Waals surface area (Å²) in [6.07, 6.45) is 0. The highest BCUT2D eigenvalue weighted by atomic mass is 16.7. The van der Waals surface area contributed by atoms with E-state index in [1.165, 1.54) is 0 Å². The standard InChI is InChI=1S/C14H13N3O4/c1-2-20-14(19)12-11-10(13(18)21-16-11)8-17(15-12)9-6-4-3-5-7-9/h3-7,10H,2,8H2,1H3. The van der Waals surface area contributed by atoms with Crippen molar-refractivity contribution in [2.45, 2.75) is 6.92 Å². The van der Waals surface area contributed by atoms with Crippen LogP contribution in [0.4, 0.5) is 5.69 Å². The average Bonchev–Trinajstić information content (AvgIpc) is 2.89. The second-order valence-corrected chi connectivity index (χ2v) is 4.53. The predicted molar refractivity (Wildman–Crippen MR) is 74.9 cm³/mol. The van der Waals surface area contributed by atoms with Crippen molar-refractivity contribution in [2.75, 3.05) is 18.2 Å². The molecule has 7 heteroatoms. The van der Waals surface area contributed by atoms with Crippen LogP contribution in [0.25, 0.3) is 0 Å². The number of oxime groups is 1. The van der Waals surface area contributed by atoms with Crippen molar-refractivity contribution in [3.05, 3.63) is 30.3 Å². The van der Waals surface area contributed by atoms with Crippen LogP contribution in [0.3, 0.4) is 0 Å². The van der Waals surface area contributed by atoms with Crippen LogP contribution < -0.4 is 5.01 Å². The average molecular weight is 287 g/mol. The molecule has 0 spiro atoms. The van der Waals surface area contributed by atoms with E-state index in [4.69, 9.17) is 4.74 Å². The molecular formula is C14H13N3O4. The number of hydrogen-bond acceptors (Lipinski definition) is 7. The molecule has 0 aliphatic carbocycles. The Hall–Kier alpha value is -2.70. The molecule has 7 nitrogen and oxygen atoms in total. The Morgan fingerprint density at radius 1 is 1.43 bits per heavy atom. The molecule has 0 radical (unpaired) electrons.